The van der Waals surface area contributed by atoms with Crippen LogP contribution in [0.25, 0.3) is 6.08 Å². The zero-order chi connectivity index (χ0) is 23.1. The average Bonchev–Trinajstić information content (AvgIpc) is 2.90. The summed E-state index contributed by atoms with van der Waals surface area (Å²) in [5.41, 5.74) is 3.69. The minimum atomic E-state index is -0.00758. The molecule has 0 N–H and O–H groups in total. The second-order valence-electron chi connectivity index (χ2n) is 8.03. The van der Waals surface area contributed by atoms with Gasteiger partial charge in [-0.25, -0.2) is 0 Å². The van der Waals surface area contributed by atoms with E-state index < -0.39 is 0 Å². The van der Waals surface area contributed by atoms with Crippen LogP contribution < -0.4 is 0 Å². The molecule has 0 aromatic heterocycles. The van der Waals surface area contributed by atoms with E-state index in [-0.39, 0.29) is 6.10 Å². The number of piperazine rings is 1. The van der Waals surface area contributed by atoms with Crippen molar-refractivity contribution in [3.63, 3.8) is 0 Å². The van der Waals surface area contributed by atoms with Gasteiger partial charge in [0.15, 0.2) is 0 Å². The van der Waals surface area contributed by atoms with Gasteiger partial charge in [0, 0.05) is 39.3 Å². The summed E-state index contributed by atoms with van der Waals surface area (Å²) in [4.78, 5) is 5.04. The zero-order valence-corrected chi connectivity index (χ0v) is 20.1. The smallest absolute Gasteiger partial charge is 0.108 e. The molecule has 3 aromatic carbocycles. The van der Waals surface area contributed by atoms with Gasteiger partial charge in [-0.1, -0.05) is 117 Å². The predicted octanol–water partition coefficient (Wildman–Crippen LogP) is 6.15. The normalized spacial score (nSPS) is 14.9. The van der Waals surface area contributed by atoms with Crippen molar-refractivity contribution in [3.05, 3.63) is 114 Å². The fourth-order valence-electron chi connectivity index (χ4n) is 4.04. The Labute approximate surface area is 200 Å². The third kappa shape index (κ3) is 8.29. The lowest BCUT2D eigenvalue weighted by atomic mass is 10.0. The Kier molecular flexibility index (Phi) is 10.9. The van der Waals surface area contributed by atoms with E-state index in [0.717, 1.165) is 45.9 Å². The number of nitrogens with zero attached hydrogens (tertiary/aromatic N) is 2. The summed E-state index contributed by atoms with van der Waals surface area (Å²) in [7, 11) is 0. The van der Waals surface area contributed by atoms with E-state index in [4.69, 9.17) is 4.74 Å². The molecule has 1 heterocycles. The monoisotopic (exact) mass is 442 g/mol. The van der Waals surface area contributed by atoms with E-state index in [0.29, 0.717) is 0 Å². The Morgan fingerprint density at radius 2 is 1.18 bits per heavy atom. The van der Waals surface area contributed by atoms with Crippen molar-refractivity contribution in [2.24, 2.45) is 0 Å². The number of ether oxygens (including phenoxy) is 1. The summed E-state index contributed by atoms with van der Waals surface area (Å²) in [6, 6.07) is 31.6. The molecule has 1 fully saturated rings. The topological polar surface area (TPSA) is 15.7 Å². The molecule has 0 saturated carbocycles. The Bertz CT molecular complexity index is 864. The highest BCUT2D eigenvalue weighted by Crippen LogP contribution is 2.25. The van der Waals surface area contributed by atoms with Crippen molar-refractivity contribution in [3.8, 4) is 0 Å². The molecule has 3 heteroatoms. The van der Waals surface area contributed by atoms with Crippen LogP contribution in [-0.4, -0.2) is 55.7 Å². The highest BCUT2D eigenvalue weighted by atomic mass is 16.5. The molecule has 1 aliphatic rings. The predicted molar refractivity (Wildman–Crippen MR) is 140 cm³/mol. The standard InChI is InChI=1S/C28H32N2O.C2H6/c1-4-11-25(12-5-1)13-10-18-29-19-21-30(22-20-29)23-24-31-28(26-14-6-2-7-15-26)27-16-8-3-9-17-27;1-2/h1-17,28H,18-24H2;1-2H3/b13-10+;. The van der Waals surface area contributed by atoms with Crippen molar-refractivity contribution in [2.75, 3.05) is 45.9 Å². The van der Waals surface area contributed by atoms with Crippen LogP contribution in [0.4, 0.5) is 0 Å². The van der Waals surface area contributed by atoms with Crippen LogP contribution in [0.5, 0.6) is 0 Å². The molecular formula is C30H38N2O. The summed E-state index contributed by atoms with van der Waals surface area (Å²) >= 11 is 0. The second-order valence-corrected chi connectivity index (χ2v) is 8.03. The Morgan fingerprint density at radius 1 is 0.697 bits per heavy atom. The molecule has 0 radical (unpaired) electrons. The van der Waals surface area contributed by atoms with Crippen LogP contribution in [0.15, 0.2) is 97.1 Å². The quantitative estimate of drug-likeness (QED) is 0.395. The van der Waals surface area contributed by atoms with Crippen molar-refractivity contribution < 1.29 is 4.74 Å². The molecule has 0 bridgehead atoms. The van der Waals surface area contributed by atoms with Crippen LogP contribution in [0, 0.1) is 0 Å². The van der Waals surface area contributed by atoms with E-state index >= 15 is 0 Å². The van der Waals surface area contributed by atoms with Crippen molar-refractivity contribution >= 4 is 6.08 Å². The van der Waals surface area contributed by atoms with Crippen molar-refractivity contribution in [1.29, 1.82) is 0 Å². The van der Waals surface area contributed by atoms with Gasteiger partial charge in [0.2, 0.25) is 0 Å². The van der Waals surface area contributed by atoms with Gasteiger partial charge < -0.3 is 4.74 Å². The molecule has 1 saturated heterocycles. The maximum atomic E-state index is 6.39. The molecule has 1 aliphatic heterocycles. The minimum Gasteiger partial charge on any atom is -0.367 e. The molecule has 0 unspecified atom stereocenters. The molecule has 0 aliphatic carbocycles. The summed E-state index contributed by atoms with van der Waals surface area (Å²) in [5.74, 6) is 0. The highest BCUT2D eigenvalue weighted by Gasteiger charge is 2.18. The molecule has 3 nitrogen and oxygen atoms in total. The lowest BCUT2D eigenvalue weighted by Crippen LogP contribution is -2.47. The fourth-order valence-corrected chi connectivity index (χ4v) is 4.04. The van der Waals surface area contributed by atoms with Gasteiger partial charge in [0.05, 0.1) is 6.61 Å². The van der Waals surface area contributed by atoms with Crippen molar-refractivity contribution in [2.45, 2.75) is 20.0 Å². The first-order valence-electron chi connectivity index (χ1n) is 12.3. The maximum absolute atomic E-state index is 6.39. The van der Waals surface area contributed by atoms with E-state index in [2.05, 4.69) is 113 Å². The van der Waals surface area contributed by atoms with Gasteiger partial charge >= 0.3 is 0 Å². The van der Waals surface area contributed by atoms with Crippen molar-refractivity contribution in [1.82, 2.24) is 9.80 Å². The Hall–Kier alpha value is -2.72. The third-order valence-electron chi connectivity index (χ3n) is 5.84. The largest absolute Gasteiger partial charge is 0.367 e. The number of hydrogen-bond donors (Lipinski definition) is 0. The van der Waals surface area contributed by atoms with Crippen LogP contribution in [0.3, 0.4) is 0 Å². The Balaban J connectivity index is 0.00000149. The summed E-state index contributed by atoms with van der Waals surface area (Å²) in [5, 5.41) is 0. The molecule has 174 valence electrons. The van der Waals surface area contributed by atoms with Gasteiger partial charge in [0.1, 0.15) is 6.10 Å². The Morgan fingerprint density at radius 3 is 1.73 bits per heavy atom. The van der Waals surface area contributed by atoms with E-state index in [1.54, 1.807) is 0 Å². The second kappa shape index (κ2) is 14.4. The SMILES string of the molecule is C(=C\c1ccccc1)/CN1CCN(CCOC(c2ccccc2)c2ccccc2)CC1.CC. The molecular weight excluding hydrogens is 404 g/mol. The lowest BCUT2D eigenvalue weighted by molar-refractivity contribution is 0.0468. The molecule has 4 rings (SSSR count). The van der Waals surface area contributed by atoms with Gasteiger partial charge in [-0.3, -0.25) is 9.80 Å². The summed E-state index contributed by atoms with van der Waals surface area (Å²) < 4.78 is 6.39. The highest BCUT2D eigenvalue weighted by molar-refractivity contribution is 5.48. The number of rotatable bonds is 9. The number of hydrogen-bond acceptors (Lipinski definition) is 3. The van der Waals surface area contributed by atoms with Crippen LogP contribution in [-0.2, 0) is 4.74 Å². The summed E-state index contributed by atoms with van der Waals surface area (Å²) in [6.45, 7) is 11.2. The lowest BCUT2D eigenvalue weighted by Gasteiger charge is -2.34. The average molecular weight is 443 g/mol. The molecule has 3 aromatic rings. The third-order valence-corrected chi connectivity index (χ3v) is 5.84. The maximum Gasteiger partial charge on any atom is 0.108 e. The van der Waals surface area contributed by atoms with Gasteiger partial charge in [-0.05, 0) is 16.7 Å². The van der Waals surface area contributed by atoms with E-state index in [1.807, 2.05) is 13.8 Å². The molecule has 33 heavy (non-hydrogen) atoms. The fraction of sp³-hybridized carbons (Fsp3) is 0.333. The molecule has 0 atom stereocenters. The van der Waals surface area contributed by atoms with Crippen LogP contribution in [0.2, 0.25) is 0 Å². The van der Waals surface area contributed by atoms with Gasteiger partial charge in [-0.15, -0.1) is 0 Å². The van der Waals surface area contributed by atoms with Gasteiger partial charge in [0.25, 0.3) is 0 Å². The molecule has 0 amide bonds. The van der Waals surface area contributed by atoms with E-state index in [9.17, 15) is 0 Å². The first-order chi connectivity index (χ1) is 16.4. The summed E-state index contributed by atoms with van der Waals surface area (Å²) in [6.07, 6.45) is 4.48. The minimum absolute atomic E-state index is 0.00758. The first-order valence-corrected chi connectivity index (χ1v) is 12.3. The van der Waals surface area contributed by atoms with Crippen LogP contribution in [0.1, 0.15) is 36.6 Å². The first kappa shape index (κ1) is 24.9. The number of benzene rings is 3. The van der Waals surface area contributed by atoms with Gasteiger partial charge in [-0.2, -0.15) is 0 Å². The van der Waals surface area contributed by atoms with Crippen LogP contribution >= 0.6 is 0 Å². The van der Waals surface area contributed by atoms with E-state index in [1.165, 1.54) is 16.7 Å². The molecule has 0 spiro atoms. The zero-order valence-electron chi connectivity index (χ0n) is 20.1.